The van der Waals surface area contributed by atoms with Crippen LogP contribution < -0.4 is 5.32 Å². The van der Waals surface area contributed by atoms with E-state index < -0.39 is 49.5 Å². The molecule has 0 saturated carbocycles. The predicted octanol–water partition coefficient (Wildman–Crippen LogP) is 10.4. The largest absolute Gasteiger partial charge is 0.466 e. The fraction of sp³-hybridized carbons (Fsp3) is 0.846. The smallest absolute Gasteiger partial charge is 0.305 e. The van der Waals surface area contributed by atoms with Gasteiger partial charge in [0.1, 0.15) is 24.4 Å². The second kappa shape index (κ2) is 42.5. The molecule has 1 aliphatic rings. The maximum Gasteiger partial charge on any atom is 0.305 e. The predicted molar refractivity (Wildman–Crippen MR) is 255 cm³/mol. The van der Waals surface area contributed by atoms with Gasteiger partial charge in [-0.1, -0.05) is 166 Å². The molecule has 0 bridgehead atoms. The van der Waals surface area contributed by atoms with Crippen LogP contribution in [-0.4, -0.2) is 100 Å². The van der Waals surface area contributed by atoms with Gasteiger partial charge >= 0.3 is 5.97 Å². The van der Waals surface area contributed by atoms with Crippen molar-refractivity contribution < 1.29 is 49.3 Å². The zero-order chi connectivity index (χ0) is 46.0. The number of aliphatic hydroxyl groups excluding tert-OH is 5. The first-order valence-electron chi connectivity index (χ1n) is 25.8. The summed E-state index contributed by atoms with van der Waals surface area (Å²) in [4.78, 5) is 25.0. The fourth-order valence-electron chi connectivity index (χ4n) is 7.76. The van der Waals surface area contributed by atoms with E-state index in [9.17, 15) is 35.1 Å². The molecule has 0 aromatic rings. The van der Waals surface area contributed by atoms with Crippen molar-refractivity contribution in [2.45, 2.75) is 262 Å². The van der Waals surface area contributed by atoms with Gasteiger partial charge in [0.05, 0.1) is 32.0 Å². The summed E-state index contributed by atoms with van der Waals surface area (Å²) in [5, 5.41) is 54.2. The van der Waals surface area contributed by atoms with Crippen molar-refractivity contribution in [2.75, 3.05) is 19.8 Å². The molecule has 11 heteroatoms. The number of aliphatic hydroxyl groups is 5. The average molecular weight is 894 g/mol. The van der Waals surface area contributed by atoms with Crippen molar-refractivity contribution >= 4 is 11.9 Å². The van der Waals surface area contributed by atoms with Crippen LogP contribution in [0.25, 0.3) is 0 Å². The third kappa shape index (κ3) is 33.1. The van der Waals surface area contributed by atoms with Crippen molar-refractivity contribution in [1.29, 1.82) is 0 Å². The minimum absolute atomic E-state index is 0.0689. The molecule has 0 spiro atoms. The third-order valence-electron chi connectivity index (χ3n) is 12.0. The van der Waals surface area contributed by atoms with E-state index in [1.54, 1.807) is 6.08 Å². The third-order valence-corrected chi connectivity index (χ3v) is 12.0. The second-order valence-corrected chi connectivity index (χ2v) is 17.9. The Kier molecular flexibility index (Phi) is 39.7. The Balaban J connectivity index is 2.25. The maximum absolute atomic E-state index is 13.0. The van der Waals surface area contributed by atoms with Crippen LogP contribution in [0.2, 0.25) is 0 Å². The first kappa shape index (κ1) is 58.9. The lowest BCUT2D eigenvalue weighted by atomic mass is 9.99. The Morgan fingerprint density at radius 2 is 1.03 bits per heavy atom. The molecule has 368 valence electrons. The molecule has 63 heavy (non-hydrogen) atoms. The number of ether oxygens (including phenoxy) is 3. The number of rotatable bonds is 43. The van der Waals surface area contributed by atoms with Crippen molar-refractivity contribution in [2.24, 2.45) is 0 Å². The highest BCUT2D eigenvalue weighted by Crippen LogP contribution is 2.23. The quantitative estimate of drug-likeness (QED) is 0.0196. The molecule has 0 aliphatic carbocycles. The fourth-order valence-corrected chi connectivity index (χ4v) is 7.76. The van der Waals surface area contributed by atoms with Crippen molar-refractivity contribution in [1.82, 2.24) is 5.32 Å². The Morgan fingerprint density at radius 3 is 1.57 bits per heavy atom. The maximum atomic E-state index is 13.0. The monoisotopic (exact) mass is 894 g/mol. The molecule has 7 unspecified atom stereocenters. The molecule has 11 nitrogen and oxygen atoms in total. The van der Waals surface area contributed by atoms with E-state index in [1.165, 1.54) is 103 Å². The Bertz CT molecular complexity index is 1150. The summed E-state index contributed by atoms with van der Waals surface area (Å²) in [5.74, 6) is -0.281. The number of nitrogens with one attached hydrogen (secondary N) is 1. The van der Waals surface area contributed by atoms with Crippen molar-refractivity contribution in [3.05, 3.63) is 36.5 Å². The van der Waals surface area contributed by atoms with Gasteiger partial charge in [0.2, 0.25) is 5.91 Å². The van der Waals surface area contributed by atoms with E-state index in [2.05, 4.69) is 43.5 Å². The van der Waals surface area contributed by atoms with Gasteiger partial charge in [-0.05, 0) is 77.0 Å². The first-order chi connectivity index (χ1) is 30.7. The van der Waals surface area contributed by atoms with Crippen molar-refractivity contribution in [3.63, 3.8) is 0 Å². The summed E-state index contributed by atoms with van der Waals surface area (Å²) in [6, 6.07) is -0.831. The summed E-state index contributed by atoms with van der Waals surface area (Å²) in [5.41, 5.74) is 0. The molecule has 1 amide bonds. The lowest BCUT2D eigenvalue weighted by molar-refractivity contribution is -0.302. The first-order valence-corrected chi connectivity index (χ1v) is 25.8. The van der Waals surface area contributed by atoms with Crippen LogP contribution in [-0.2, 0) is 23.8 Å². The Morgan fingerprint density at radius 1 is 0.571 bits per heavy atom. The number of allylic oxidation sites excluding steroid dienone is 5. The summed E-state index contributed by atoms with van der Waals surface area (Å²) < 4.78 is 16.6. The van der Waals surface area contributed by atoms with Gasteiger partial charge in [-0.25, -0.2) is 0 Å². The van der Waals surface area contributed by atoms with Crippen LogP contribution in [0.4, 0.5) is 0 Å². The lowest BCUT2D eigenvalue weighted by Gasteiger charge is -2.40. The van der Waals surface area contributed by atoms with Gasteiger partial charge in [0.15, 0.2) is 6.29 Å². The molecule has 7 atom stereocenters. The van der Waals surface area contributed by atoms with Gasteiger partial charge in [0.25, 0.3) is 0 Å². The number of carbonyl (C=O) groups is 2. The normalized spacial score (nSPS) is 20.3. The molecule has 1 rings (SSSR count). The van der Waals surface area contributed by atoms with E-state index in [1.807, 2.05) is 6.08 Å². The van der Waals surface area contributed by atoms with Crippen molar-refractivity contribution in [3.8, 4) is 0 Å². The van der Waals surface area contributed by atoms with E-state index >= 15 is 0 Å². The minimum atomic E-state index is -1.58. The molecule has 6 N–H and O–H groups in total. The van der Waals surface area contributed by atoms with E-state index in [0.717, 1.165) is 83.5 Å². The van der Waals surface area contributed by atoms with Gasteiger partial charge in [-0.15, -0.1) is 0 Å². The van der Waals surface area contributed by atoms with E-state index in [4.69, 9.17) is 14.2 Å². The molecule has 1 aliphatic heterocycles. The Labute approximate surface area is 383 Å². The number of amides is 1. The molecular formula is C52H95NO10. The molecule has 1 heterocycles. The summed E-state index contributed by atoms with van der Waals surface area (Å²) >= 11 is 0. The number of hydrogen-bond donors (Lipinski definition) is 6. The molecule has 1 saturated heterocycles. The topological polar surface area (TPSA) is 175 Å². The zero-order valence-electron chi connectivity index (χ0n) is 40.0. The number of esters is 1. The van der Waals surface area contributed by atoms with Crippen LogP contribution in [0.3, 0.4) is 0 Å². The van der Waals surface area contributed by atoms with Crippen LogP contribution in [0.1, 0.15) is 219 Å². The average Bonchev–Trinajstić information content (AvgIpc) is 3.28. The molecule has 0 aromatic carbocycles. The Hall–Kier alpha value is -2.12. The SMILES string of the molecule is CCCC/C=C\CCCCCCCC(=O)OCCCC/C=C\CCCCCCCC(=O)NC(COC1OC(CO)C(O)C(O)C1O)C(O)/C=C/CCCCCCCCCCCCC. The van der Waals surface area contributed by atoms with Gasteiger partial charge in [0, 0.05) is 12.8 Å². The summed E-state index contributed by atoms with van der Waals surface area (Å²) in [7, 11) is 0. The van der Waals surface area contributed by atoms with Gasteiger partial charge in [-0.3, -0.25) is 9.59 Å². The number of unbranched alkanes of at least 4 members (excludes halogenated alkanes) is 25. The number of hydrogen-bond acceptors (Lipinski definition) is 10. The highest BCUT2D eigenvalue weighted by Gasteiger charge is 2.44. The van der Waals surface area contributed by atoms with Gasteiger partial charge in [-0.2, -0.15) is 0 Å². The summed E-state index contributed by atoms with van der Waals surface area (Å²) in [6.07, 6.45) is 39.3. The van der Waals surface area contributed by atoms with Crippen LogP contribution in [0.5, 0.6) is 0 Å². The highest BCUT2D eigenvalue weighted by atomic mass is 16.7. The number of carbonyl (C=O) groups excluding carboxylic acids is 2. The molecular weight excluding hydrogens is 799 g/mol. The zero-order valence-corrected chi connectivity index (χ0v) is 40.0. The van der Waals surface area contributed by atoms with Crippen LogP contribution in [0, 0.1) is 0 Å². The second-order valence-electron chi connectivity index (χ2n) is 17.9. The van der Waals surface area contributed by atoms with E-state index in [-0.39, 0.29) is 18.5 Å². The minimum Gasteiger partial charge on any atom is -0.466 e. The lowest BCUT2D eigenvalue weighted by Crippen LogP contribution is -2.60. The van der Waals surface area contributed by atoms with Crippen LogP contribution >= 0.6 is 0 Å². The molecule has 0 aromatic heterocycles. The van der Waals surface area contributed by atoms with Gasteiger partial charge < -0.3 is 45.1 Å². The highest BCUT2D eigenvalue weighted by molar-refractivity contribution is 5.76. The molecule has 0 radical (unpaired) electrons. The standard InChI is InChI=1S/C52H95NO10/c1-3-5-7-9-11-13-15-16-19-22-26-30-34-38-45(55)44(43-62-52-51(60)50(59)49(58)46(42-54)63-52)53-47(56)39-35-31-27-23-20-17-21-25-29-33-37-41-61-48(57)40-36-32-28-24-18-14-12-10-8-6-4-2/h10,12,21,25,34,38,44-46,49-52,54-55,58-60H,3-9,11,13-20,22-24,26-33,35-37,39-43H2,1-2H3,(H,53,56)/b12-10-,25-21-,38-34+. The van der Waals surface area contributed by atoms with E-state index in [0.29, 0.717) is 25.9 Å². The summed E-state index contributed by atoms with van der Waals surface area (Å²) in [6.45, 7) is 4.18. The molecule has 1 fully saturated rings. The van der Waals surface area contributed by atoms with Crippen LogP contribution in [0.15, 0.2) is 36.5 Å².